The van der Waals surface area contributed by atoms with Gasteiger partial charge in [0.2, 0.25) is 0 Å². The zero-order valence-corrected chi connectivity index (χ0v) is 14.6. The maximum absolute atomic E-state index is 11.6. The van der Waals surface area contributed by atoms with Crippen LogP contribution in [0.2, 0.25) is 0 Å². The minimum Gasteiger partial charge on any atom is -0.489 e. The molecule has 0 saturated heterocycles. The first-order valence-corrected chi connectivity index (χ1v) is 8.58. The number of methoxy groups -OCH3 is 1. The molecule has 0 fully saturated rings. The normalized spacial score (nSPS) is 10.4. The van der Waals surface area contributed by atoms with Crippen molar-refractivity contribution in [2.45, 2.75) is 45.6 Å². The van der Waals surface area contributed by atoms with Gasteiger partial charge in [-0.05, 0) is 30.0 Å². The van der Waals surface area contributed by atoms with E-state index in [9.17, 15) is 4.79 Å². The largest absolute Gasteiger partial charge is 0.489 e. The van der Waals surface area contributed by atoms with Crippen molar-refractivity contribution < 1.29 is 14.3 Å². The van der Waals surface area contributed by atoms with Crippen LogP contribution < -0.4 is 4.74 Å². The van der Waals surface area contributed by atoms with E-state index in [-0.39, 0.29) is 12.4 Å². The summed E-state index contributed by atoms with van der Waals surface area (Å²) in [5.74, 6) is 0.525. The molecule has 0 radical (unpaired) electrons. The Kier molecular flexibility index (Phi) is 7.34. The van der Waals surface area contributed by atoms with Crippen molar-refractivity contribution in [2.75, 3.05) is 7.11 Å². The van der Waals surface area contributed by atoms with Crippen molar-refractivity contribution in [1.29, 1.82) is 0 Å². The third-order valence-electron chi connectivity index (χ3n) is 4.00. The van der Waals surface area contributed by atoms with Crippen LogP contribution in [0, 0.1) is 0 Å². The van der Waals surface area contributed by atoms with Crippen molar-refractivity contribution >= 4 is 5.97 Å². The zero-order chi connectivity index (χ0) is 17.2. The SMILES string of the molecule is CCCCCc1ccc(CC(=O)OC)c(OCc2ccccc2)c1. The lowest BCUT2D eigenvalue weighted by molar-refractivity contribution is -0.139. The quantitative estimate of drug-likeness (QED) is 0.494. The molecule has 24 heavy (non-hydrogen) atoms. The van der Waals surface area contributed by atoms with Gasteiger partial charge >= 0.3 is 5.97 Å². The summed E-state index contributed by atoms with van der Waals surface area (Å²) in [6.45, 7) is 2.70. The second-order valence-corrected chi connectivity index (χ2v) is 5.93. The lowest BCUT2D eigenvalue weighted by Gasteiger charge is -2.13. The molecule has 2 rings (SSSR count). The van der Waals surface area contributed by atoms with E-state index in [0.29, 0.717) is 6.61 Å². The highest BCUT2D eigenvalue weighted by Crippen LogP contribution is 2.24. The van der Waals surface area contributed by atoms with E-state index in [4.69, 9.17) is 9.47 Å². The average molecular weight is 326 g/mol. The number of aryl methyl sites for hydroxylation is 1. The first-order chi connectivity index (χ1) is 11.7. The van der Waals surface area contributed by atoms with Gasteiger partial charge in [0.15, 0.2) is 0 Å². The summed E-state index contributed by atoms with van der Waals surface area (Å²) >= 11 is 0. The number of ether oxygens (including phenoxy) is 2. The van der Waals surface area contributed by atoms with E-state index < -0.39 is 0 Å². The first-order valence-electron chi connectivity index (χ1n) is 8.58. The Balaban J connectivity index is 2.12. The van der Waals surface area contributed by atoms with Crippen LogP contribution in [0.1, 0.15) is 42.9 Å². The van der Waals surface area contributed by atoms with Gasteiger partial charge in [-0.3, -0.25) is 4.79 Å². The predicted molar refractivity (Wildman–Crippen MR) is 96.2 cm³/mol. The molecule has 2 aromatic carbocycles. The van der Waals surface area contributed by atoms with Gasteiger partial charge in [-0.25, -0.2) is 0 Å². The van der Waals surface area contributed by atoms with Crippen molar-refractivity contribution in [2.24, 2.45) is 0 Å². The van der Waals surface area contributed by atoms with Crippen LogP contribution >= 0.6 is 0 Å². The molecule has 0 bridgehead atoms. The van der Waals surface area contributed by atoms with Gasteiger partial charge in [-0.15, -0.1) is 0 Å². The summed E-state index contributed by atoms with van der Waals surface area (Å²) < 4.78 is 10.8. The van der Waals surface area contributed by atoms with Crippen LogP contribution in [0.4, 0.5) is 0 Å². The summed E-state index contributed by atoms with van der Waals surface area (Å²) in [7, 11) is 1.41. The number of benzene rings is 2. The first kappa shape index (κ1) is 18.1. The summed E-state index contributed by atoms with van der Waals surface area (Å²) in [6, 6.07) is 16.2. The van der Waals surface area contributed by atoms with Crippen molar-refractivity contribution in [3.05, 3.63) is 65.2 Å². The molecule has 128 valence electrons. The van der Waals surface area contributed by atoms with E-state index in [0.717, 1.165) is 23.3 Å². The molecular formula is C21H26O3. The van der Waals surface area contributed by atoms with Crippen LogP contribution in [0.3, 0.4) is 0 Å². The molecule has 0 aromatic heterocycles. The Morgan fingerprint density at radius 3 is 2.50 bits per heavy atom. The third kappa shape index (κ3) is 5.73. The van der Waals surface area contributed by atoms with Gasteiger partial charge in [0, 0.05) is 5.56 Å². The Morgan fingerprint density at radius 1 is 1.00 bits per heavy atom. The Hall–Kier alpha value is -2.29. The van der Waals surface area contributed by atoms with Gasteiger partial charge in [-0.2, -0.15) is 0 Å². The molecule has 3 nitrogen and oxygen atoms in total. The number of hydrogen-bond donors (Lipinski definition) is 0. The molecule has 0 aliphatic carbocycles. The van der Waals surface area contributed by atoms with Gasteiger partial charge < -0.3 is 9.47 Å². The number of rotatable bonds is 9. The smallest absolute Gasteiger partial charge is 0.310 e. The molecule has 0 heterocycles. The van der Waals surface area contributed by atoms with E-state index in [2.05, 4.69) is 19.1 Å². The minimum atomic E-state index is -0.252. The maximum atomic E-state index is 11.6. The summed E-state index contributed by atoms with van der Waals surface area (Å²) in [4.78, 5) is 11.6. The fraction of sp³-hybridized carbons (Fsp3) is 0.381. The van der Waals surface area contributed by atoms with Gasteiger partial charge in [0.05, 0.1) is 13.5 Å². The van der Waals surface area contributed by atoms with Crippen LogP contribution in [0.25, 0.3) is 0 Å². The van der Waals surface area contributed by atoms with E-state index in [1.165, 1.54) is 31.9 Å². The van der Waals surface area contributed by atoms with E-state index in [1.807, 2.05) is 36.4 Å². The monoisotopic (exact) mass is 326 g/mol. The molecule has 0 saturated carbocycles. The molecule has 0 unspecified atom stereocenters. The maximum Gasteiger partial charge on any atom is 0.310 e. The molecule has 0 atom stereocenters. The highest BCUT2D eigenvalue weighted by Gasteiger charge is 2.11. The predicted octanol–water partition coefficient (Wildman–Crippen LogP) is 4.71. The van der Waals surface area contributed by atoms with Crippen molar-refractivity contribution in [3.63, 3.8) is 0 Å². The summed E-state index contributed by atoms with van der Waals surface area (Å²) in [5.41, 5.74) is 3.23. The molecule has 0 aliphatic heterocycles. The number of hydrogen-bond acceptors (Lipinski definition) is 3. The standard InChI is InChI=1S/C21H26O3/c1-3-4-6-9-17-12-13-19(15-21(22)23-2)20(14-17)24-16-18-10-7-5-8-11-18/h5,7-8,10-14H,3-4,6,9,15-16H2,1-2H3. The summed E-state index contributed by atoms with van der Waals surface area (Å²) in [5, 5.41) is 0. The Morgan fingerprint density at radius 2 is 1.79 bits per heavy atom. The Bertz CT molecular complexity index is 635. The van der Waals surface area contributed by atoms with Crippen LogP contribution in [-0.2, 0) is 29.0 Å². The minimum absolute atomic E-state index is 0.232. The van der Waals surface area contributed by atoms with Gasteiger partial charge in [0.1, 0.15) is 12.4 Å². The molecule has 0 aliphatic rings. The molecule has 0 N–H and O–H groups in total. The lowest BCUT2D eigenvalue weighted by Crippen LogP contribution is -2.07. The topological polar surface area (TPSA) is 35.5 Å². The summed E-state index contributed by atoms with van der Waals surface area (Å²) in [6.07, 6.45) is 4.87. The van der Waals surface area contributed by atoms with Crippen molar-refractivity contribution in [1.82, 2.24) is 0 Å². The fourth-order valence-electron chi connectivity index (χ4n) is 2.58. The van der Waals surface area contributed by atoms with E-state index in [1.54, 1.807) is 0 Å². The molecule has 2 aromatic rings. The highest BCUT2D eigenvalue weighted by atomic mass is 16.5. The van der Waals surface area contributed by atoms with Gasteiger partial charge in [-0.1, -0.05) is 62.2 Å². The molecule has 0 spiro atoms. The third-order valence-corrected chi connectivity index (χ3v) is 4.00. The van der Waals surface area contributed by atoms with Crippen LogP contribution in [0.5, 0.6) is 5.75 Å². The van der Waals surface area contributed by atoms with E-state index >= 15 is 0 Å². The van der Waals surface area contributed by atoms with Gasteiger partial charge in [0.25, 0.3) is 0 Å². The fourth-order valence-corrected chi connectivity index (χ4v) is 2.58. The number of unbranched alkanes of at least 4 members (excludes halogenated alkanes) is 2. The second-order valence-electron chi connectivity index (χ2n) is 5.93. The Labute approximate surface area is 144 Å². The lowest BCUT2D eigenvalue weighted by atomic mass is 10.0. The molecular weight excluding hydrogens is 300 g/mol. The van der Waals surface area contributed by atoms with Crippen LogP contribution in [0.15, 0.2) is 48.5 Å². The molecule has 0 amide bonds. The average Bonchev–Trinajstić information content (AvgIpc) is 2.62. The number of carbonyl (C=O) groups excluding carboxylic acids is 1. The number of carbonyl (C=O) groups is 1. The van der Waals surface area contributed by atoms with Crippen LogP contribution in [-0.4, -0.2) is 13.1 Å². The highest BCUT2D eigenvalue weighted by molar-refractivity contribution is 5.73. The zero-order valence-electron chi connectivity index (χ0n) is 14.6. The van der Waals surface area contributed by atoms with Crippen molar-refractivity contribution in [3.8, 4) is 5.75 Å². The second kappa shape index (κ2) is 9.76. The molecule has 3 heteroatoms. The number of esters is 1.